The van der Waals surface area contributed by atoms with Crippen molar-refractivity contribution in [3.05, 3.63) is 76.3 Å². The van der Waals surface area contributed by atoms with E-state index in [2.05, 4.69) is 10.0 Å². The Balaban J connectivity index is 1.53. The molecule has 1 heterocycles. The smallest absolute Gasteiger partial charge is 0.293 e. The summed E-state index contributed by atoms with van der Waals surface area (Å²) >= 11 is 0. The molecule has 2 N–H and O–H groups in total. The number of sulfonamides is 1. The molecular formula is C21H19N3O7S. The summed E-state index contributed by atoms with van der Waals surface area (Å²) in [6.07, 6.45) is 0. The average Bonchev–Trinajstić information content (AvgIpc) is 3.25. The third-order valence-corrected chi connectivity index (χ3v) is 6.12. The molecule has 0 amide bonds. The zero-order valence-electron chi connectivity index (χ0n) is 16.9. The highest BCUT2D eigenvalue weighted by Gasteiger charge is 2.22. The van der Waals surface area contributed by atoms with Gasteiger partial charge in [0.05, 0.1) is 16.9 Å². The Kier molecular flexibility index (Phi) is 5.73. The van der Waals surface area contributed by atoms with E-state index in [4.69, 9.17) is 14.2 Å². The average molecular weight is 457 g/mol. The van der Waals surface area contributed by atoms with Gasteiger partial charge in [0.2, 0.25) is 6.79 Å². The van der Waals surface area contributed by atoms with Crippen LogP contribution in [0.3, 0.4) is 0 Å². The number of nitro groups is 1. The summed E-state index contributed by atoms with van der Waals surface area (Å²) in [5, 5.41) is 14.6. The fraction of sp³-hybridized carbons (Fsp3) is 0.143. The number of nitrogens with zero attached hydrogens (tertiary/aromatic N) is 1. The van der Waals surface area contributed by atoms with Gasteiger partial charge in [0, 0.05) is 18.3 Å². The van der Waals surface area contributed by atoms with Crippen molar-refractivity contribution in [3.8, 4) is 17.2 Å². The molecule has 11 heteroatoms. The fourth-order valence-corrected chi connectivity index (χ4v) is 4.18. The molecule has 0 saturated carbocycles. The van der Waals surface area contributed by atoms with Crippen LogP contribution in [0.15, 0.2) is 65.6 Å². The van der Waals surface area contributed by atoms with Gasteiger partial charge in [-0.05, 0) is 54.1 Å². The first-order valence-corrected chi connectivity index (χ1v) is 10.9. The number of methoxy groups -OCH3 is 1. The van der Waals surface area contributed by atoms with E-state index in [-0.39, 0.29) is 29.6 Å². The summed E-state index contributed by atoms with van der Waals surface area (Å²) in [6, 6.07) is 15.3. The van der Waals surface area contributed by atoms with Crippen molar-refractivity contribution in [2.75, 3.05) is 23.9 Å². The number of rotatable bonds is 8. The third-order valence-electron chi connectivity index (χ3n) is 4.74. The first-order chi connectivity index (χ1) is 15.4. The number of anilines is 2. The van der Waals surface area contributed by atoms with Gasteiger partial charge in [-0.2, -0.15) is 0 Å². The highest BCUT2D eigenvalue weighted by Crippen LogP contribution is 2.33. The van der Waals surface area contributed by atoms with Gasteiger partial charge in [-0.3, -0.25) is 14.8 Å². The van der Waals surface area contributed by atoms with E-state index >= 15 is 0 Å². The molecular weight excluding hydrogens is 438 g/mol. The van der Waals surface area contributed by atoms with Crippen molar-refractivity contribution in [3.63, 3.8) is 0 Å². The van der Waals surface area contributed by atoms with Crippen molar-refractivity contribution >= 4 is 27.1 Å². The van der Waals surface area contributed by atoms with Crippen molar-refractivity contribution in [2.24, 2.45) is 0 Å². The van der Waals surface area contributed by atoms with Crippen molar-refractivity contribution < 1.29 is 27.6 Å². The minimum atomic E-state index is -4.03. The molecule has 32 heavy (non-hydrogen) atoms. The molecule has 3 aromatic rings. The van der Waals surface area contributed by atoms with E-state index in [1.54, 1.807) is 24.3 Å². The van der Waals surface area contributed by atoms with Gasteiger partial charge in [0.15, 0.2) is 11.5 Å². The van der Waals surface area contributed by atoms with Crippen LogP contribution in [-0.2, 0) is 16.6 Å². The number of benzene rings is 3. The molecule has 1 aliphatic heterocycles. The molecule has 0 radical (unpaired) electrons. The molecule has 4 rings (SSSR count). The van der Waals surface area contributed by atoms with Crippen LogP contribution < -0.4 is 24.2 Å². The number of ether oxygens (including phenoxy) is 3. The molecule has 3 aromatic carbocycles. The monoisotopic (exact) mass is 457 g/mol. The highest BCUT2D eigenvalue weighted by molar-refractivity contribution is 7.92. The highest BCUT2D eigenvalue weighted by atomic mass is 32.2. The lowest BCUT2D eigenvalue weighted by molar-refractivity contribution is -0.384. The Labute approximate surface area is 183 Å². The van der Waals surface area contributed by atoms with Crippen LogP contribution in [0, 0.1) is 10.1 Å². The maximum atomic E-state index is 12.7. The molecule has 10 nitrogen and oxygen atoms in total. The maximum absolute atomic E-state index is 12.7. The van der Waals surface area contributed by atoms with Crippen LogP contribution in [0.4, 0.5) is 17.1 Å². The standard InChI is InChI=1S/C21H19N3O7S/c1-29-16-5-3-15(4-6-16)23-32(27,28)17-7-8-18(19(11-17)24(25)26)22-12-14-2-9-20-21(10-14)31-13-30-20/h2-11,22-23H,12-13H2,1H3. The minimum Gasteiger partial charge on any atom is -0.497 e. The van der Waals surface area contributed by atoms with Crippen LogP contribution in [0.2, 0.25) is 0 Å². The lowest BCUT2D eigenvalue weighted by Crippen LogP contribution is -2.13. The second kappa shape index (κ2) is 8.63. The maximum Gasteiger partial charge on any atom is 0.293 e. The number of nitrogens with one attached hydrogen (secondary N) is 2. The Bertz CT molecular complexity index is 1260. The summed E-state index contributed by atoms with van der Waals surface area (Å²) in [5.41, 5.74) is 0.958. The Morgan fingerprint density at radius 1 is 1.03 bits per heavy atom. The molecule has 1 aliphatic rings. The van der Waals surface area contributed by atoms with Gasteiger partial charge >= 0.3 is 0 Å². The molecule has 0 aromatic heterocycles. The predicted molar refractivity (Wildman–Crippen MR) is 117 cm³/mol. The molecule has 0 spiro atoms. The number of fused-ring (bicyclic) bond motifs is 1. The Morgan fingerprint density at radius 2 is 1.78 bits per heavy atom. The summed E-state index contributed by atoms with van der Waals surface area (Å²) in [5.74, 6) is 1.81. The lowest BCUT2D eigenvalue weighted by atomic mass is 10.2. The summed E-state index contributed by atoms with van der Waals surface area (Å²) in [6.45, 7) is 0.422. The van der Waals surface area contributed by atoms with Gasteiger partial charge in [-0.25, -0.2) is 8.42 Å². The first-order valence-electron chi connectivity index (χ1n) is 9.43. The van der Waals surface area contributed by atoms with Gasteiger partial charge in [0.25, 0.3) is 15.7 Å². The minimum absolute atomic E-state index is 0.151. The van der Waals surface area contributed by atoms with Crippen LogP contribution in [0.5, 0.6) is 17.2 Å². The van der Waals surface area contributed by atoms with Gasteiger partial charge in [-0.15, -0.1) is 0 Å². The Morgan fingerprint density at radius 3 is 2.50 bits per heavy atom. The van der Waals surface area contributed by atoms with E-state index in [0.29, 0.717) is 22.9 Å². The van der Waals surface area contributed by atoms with Crippen LogP contribution in [-0.4, -0.2) is 27.2 Å². The van der Waals surface area contributed by atoms with Crippen LogP contribution >= 0.6 is 0 Å². The van der Waals surface area contributed by atoms with E-state index < -0.39 is 14.9 Å². The SMILES string of the molecule is COc1ccc(NS(=O)(=O)c2ccc(NCc3ccc4c(c3)OCO4)c([N+](=O)[O-])c2)cc1. The topological polar surface area (TPSA) is 129 Å². The zero-order chi connectivity index (χ0) is 22.7. The lowest BCUT2D eigenvalue weighted by Gasteiger charge is -2.11. The summed E-state index contributed by atoms with van der Waals surface area (Å²) in [4.78, 5) is 10.7. The van der Waals surface area contributed by atoms with Crippen molar-refractivity contribution in [1.29, 1.82) is 0 Å². The largest absolute Gasteiger partial charge is 0.497 e. The molecule has 0 bridgehead atoms. The van der Waals surface area contributed by atoms with Crippen molar-refractivity contribution in [2.45, 2.75) is 11.4 Å². The quantitative estimate of drug-likeness (QED) is 0.387. The number of hydrogen-bond donors (Lipinski definition) is 2. The Hall–Kier alpha value is -3.99. The molecule has 0 fully saturated rings. The molecule has 0 aliphatic carbocycles. The van der Waals surface area contributed by atoms with Gasteiger partial charge < -0.3 is 19.5 Å². The zero-order valence-corrected chi connectivity index (χ0v) is 17.7. The first kappa shape index (κ1) is 21.2. The number of nitro benzene ring substituents is 1. The van der Waals surface area contributed by atoms with E-state index in [1.807, 2.05) is 6.07 Å². The summed E-state index contributed by atoms with van der Waals surface area (Å²) < 4.78 is 43.5. The van der Waals surface area contributed by atoms with Crippen LogP contribution in [0.25, 0.3) is 0 Å². The fourth-order valence-electron chi connectivity index (χ4n) is 3.10. The molecule has 0 unspecified atom stereocenters. The van der Waals surface area contributed by atoms with E-state index in [1.165, 1.54) is 31.4 Å². The van der Waals surface area contributed by atoms with Crippen molar-refractivity contribution in [1.82, 2.24) is 0 Å². The van der Waals surface area contributed by atoms with E-state index in [9.17, 15) is 18.5 Å². The second-order valence-electron chi connectivity index (χ2n) is 6.81. The van der Waals surface area contributed by atoms with Crippen LogP contribution in [0.1, 0.15) is 5.56 Å². The van der Waals surface area contributed by atoms with E-state index in [0.717, 1.165) is 11.6 Å². The van der Waals surface area contributed by atoms with Gasteiger partial charge in [0.1, 0.15) is 11.4 Å². The molecule has 166 valence electrons. The molecule has 0 saturated heterocycles. The van der Waals surface area contributed by atoms with Gasteiger partial charge in [-0.1, -0.05) is 6.07 Å². The molecule has 0 atom stereocenters. The summed E-state index contributed by atoms with van der Waals surface area (Å²) in [7, 11) is -2.53. The normalized spacial score (nSPS) is 12.3. The number of hydrogen-bond acceptors (Lipinski definition) is 8. The second-order valence-corrected chi connectivity index (χ2v) is 8.49. The predicted octanol–water partition coefficient (Wildman–Crippen LogP) is 3.75. The third kappa shape index (κ3) is 4.52.